The highest BCUT2D eigenvalue weighted by Crippen LogP contribution is 2.35. The first-order valence-electron chi connectivity index (χ1n) is 8.37. The minimum atomic E-state index is -0.462. The molecule has 1 saturated carbocycles. The van der Waals surface area contributed by atoms with Gasteiger partial charge in [0.15, 0.2) is 0 Å². The van der Waals surface area contributed by atoms with Gasteiger partial charge in [-0.1, -0.05) is 25.8 Å². The normalized spacial score (nSPS) is 32.8. The molecule has 4 heteroatoms. The van der Waals surface area contributed by atoms with Crippen LogP contribution in [0.1, 0.15) is 45.4 Å². The van der Waals surface area contributed by atoms with E-state index in [4.69, 9.17) is 4.99 Å². The minimum Gasteiger partial charge on any atom is -0.312 e. The fraction of sp³-hybridized carbons (Fsp3) is 0.765. The van der Waals surface area contributed by atoms with E-state index in [1.165, 1.54) is 25.7 Å². The van der Waals surface area contributed by atoms with Crippen molar-refractivity contribution in [2.45, 2.75) is 51.0 Å². The van der Waals surface area contributed by atoms with Crippen LogP contribution in [0.2, 0.25) is 0 Å². The van der Waals surface area contributed by atoms with Gasteiger partial charge in [-0.2, -0.15) is 0 Å². The zero-order valence-corrected chi connectivity index (χ0v) is 13.1. The maximum absolute atomic E-state index is 12.5. The summed E-state index contributed by atoms with van der Waals surface area (Å²) in [5.41, 5.74) is -0.462. The third-order valence-corrected chi connectivity index (χ3v) is 5.47. The maximum Gasteiger partial charge on any atom is 0.253 e. The van der Waals surface area contributed by atoms with Crippen LogP contribution in [0.4, 0.5) is 0 Å². The topological polar surface area (TPSA) is 44.7 Å². The quantitative estimate of drug-likeness (QED) is 0.811. The number of amides is 1. The van der Waals surface area contributed by atoms with Crippen LogP contribution in [0.25, 0.3) is 0 Å². The molecule has 2 fully saturated rings. The van der Waals surface area contributed by atoms with Crippen molar-refractivity contribution >= 4 is 11.7 Å². The molecule has 0 bridgehead atoms. The van der Waals surface area contributed by atoms with Crippen molar-refractivity contribution in [1.29, 1.82) is 0 Å². The number of amidine groups is 1. The van der Waals surface area contributed by atoms with Gasteiger partial charge in [-0.05, 0) is 31.6 Å². The largest absolute Gasteiger partial charge is 0.312 e. The van der Waals surface area contributed by atoms with Gasteiger partial charge in [0, 0.05) is 25.6 Å². The molecule has 3 rings (SSSR count). The average molecular weight is 289 g/mol. The van der Waals surface area contributed by atoms with Gasteiger partial charge in [-0.25, -0.2) is 0 Å². The van der Waals surface area contributed by atoms with Crippen LogP contribution in [-0.4, -0.2) is 41.8 Å². The Morgan fingerprint density at radius 2 is 2.00 bits per heavy atom. The zero-order valence-electron chi connectivity index (χ0n) is 13.1. The van der Waals surface area contributed by atoms with Gasteiger partial charge in [0.05, 0.1) is 0 Å². The predicted molar refractivity (Wildman–Crippen MR) is 85.3 cm³/mol. The Morgan fingerprint density at radius 1 is 1.33 bits per heavy atom. The molecule has 2 heterocycles. The lowest BCUT2D eigenvalue weighted by atomic mass is 9.82. The molecule has 1 saturated heterocycles. The monoisotopic (exact) mass is 289 g/mol. The Labute approximate surface area is 127 Å². The molecular weight excluding hydrogens is 262 g/mol. The number of hydrogen-bond donors (Lipinski definition) is 1. The number of rotatable bonds is 3. The second-order valence-corrected chi connectivity index (χ2v) is 7.03. The molecule has 0 unspecified atom stereocenters. The molecule has 0 radical (unpaired) electrons. The first kappa shape index (κ1) is 14.8. The summed E-state index contributed by atoms with van der Waals surface area (Å²) in [6, 6.07) is 0. The van der Waals surface area contributed by atoms with Crippen LogP contribution < -0.4 is 5.32 Å². The smallest absolute Gasteiger partial charge is 0.253 e. The van der Waals surface area contributed by atoms with Crippen LogP contribution in [0.3, 0.4) is 0 Å². The second-order valence-electron chi connectivity index (χ2n) is 7.03. The minimum absolute atomic E-state index is 0.148. The third-order valence-electron chi connectivity index (χ3n) is 5.47. The highest BCUT2D eigenvalue weighted by molar-refractivity contribution is 6.09. The Kier molecular flexibility index (Phi) is 4.16. The van der Waals surface area contributed by atoms with Gasteiger partial charge >= 0.3 is 0 Å². The summed E-state index contributed by atoms with van der Waals surface area (Å²) in [5, 5.41) is 3.12. The summed E-state index contributed by atoms with van der Waals surface area (Å²) >= 11 is 0. The van der Waals surface area contributed by atoms with Crippen molar-refractivity contribution < 1.29 is 4.79 Å². The molecule has 0 aromatic heterocycles. The van der Waals surface area contributed by atoms with Gasteiger partial charge in [-0.15, -0.1) is 6.58 Å². The Hall–Kier alpha value is -1.16. The van der Waals surface area contributed by atoms with E-state index in [-0.39, 0.29) is 5.91 Å². The van der Waals surface area contributed by atoms with Crippen molar-refractivity contribution in [2.24, 2.45) is 16.8 Å². The summed E-state index contributed by atoms with van der Waals surface area (Å²) in [7, 11) is 0. The standard InChI is InChI=1S/C17H27N3O/c1-3-10-20-11-8-17(9-12-20)16(21)18-15(19-17)14-6-4-13(2)5-7-14/h3,13-14H,1,4-12H2,2H3,(H,18,19,21). The van der Waals surface area contributed by atoms with Crippen molar-refractivity contribution in [3.8, 4) is 0 Å². The van der Waals surface area contributed by atoms with Crippen LogP contribution in [0.5, 0.6) is 0 Å². The molecular formula is C17H27N3O. The fourth-order valence-corrected chi connectivity index (χ4v) is 3.90. The molecule has 1 N–H and O–H groups in total. The highest BCUT2D eigenvalue weighted by Gasteiger charge is 2.46. The van der Waals surface area contributed by atoms with E-state index in [9.17, 15) is 4.79 Å². The number of carbonyl (C=O) groups excluding carboxylic acids is 1. The molecule has 0 aromatic rings. The summed E-state index contributed by atoms with van der Waals surface area (Å²) in [6.07, 6.45) is 8.51. The van der Waals surface area contributed by atoms with E-state index in [1.807, 2.05) is 6.08 Å². The summed E-state index contributed by atoms with van der Waals surface area (Å²) < 4.78 is 0. The van der Waals surface area contributed by atoms with E-state index in [0.29, 0.717) is 5.92 Å². The van der Waals surface area contributed by atoms with Crippen molar-refractivity contribution in [3.63, 3.8) is 0 Å². The zero-order chi connectivity index (χ0) is 14.9. The number of aliphatic imine (C=N–C) groups is 1. The molecule has 1 amide bonds. The summed E-state index contributed by atoms with van der Waals surface area (Å²) in [4.78, 5) is 19.7. The van der Waals surface area contributed by atoms with Crippen molar-refractivity contribution in [1.82, 2.24) is 10.2 Å². The molecule has 116 valence electrons. The van der Waals surface area contributed by atoms with Gasteiger partial charge in [0.2, 0.25) is 0 Å². The Balaban J connectivity index is 1.66. The van der Waals surface area contributed by atoms with Crippen molar-refractivity contribution in [2.75, 3.05) is 19.6 Å². The average Bonchev–Trinajstić information content (AvgIpc) is 2.80. The number of likely N-dealkylation sites (tertiary alicyclic amines) is 1. The Morgan fingerprint density at radius 3 is 2.62 bits per heavy atom. The van der Waals surface area contributed by atoms with Gasteiger partial charge < -0.3 is 5.32 Å². The third kappa shape index (κ3) is 2.91. The summed E-state index contributed by atoms with van der Waals surface area (Å²) in [5.74, 6) is 2.45. The number of nitrogens with zero attached hydrogens (tertiary/aromatic N) is 2. The number of hydrogen-bond acceptors (Lipinski definition) is 3. The van der Waals surface area contributed by atoms with Gasteiger partial charge in [-0.3, -0.25) is 14.7 Å². The molecule has 1 spiro atoms. The van der Waals surface area contributed by atoms with E-state index in [0.717, 1.165) is 44.2 Å². The van der Waals surface area contributed by atoms with Crippen molar-refractivity contribution in [3.05, 3.63) is 12.7 Å². The number of nitrogens with one attached hydrogen (secondary N) is 1. The van der Waals surface area contributed by atoms with E-state index >= 15 is 0 Å². The molecule has 21 heavy (non-hydrogen) atoms. The van der Waals surface area contributed by atoms with Crippen LogP contribution in [0.15, 0.2) is 17.6 Å². The molecule has 2 aliphatic heterocycles. The fourth-order valence-electron chi connectivity index (χ4n) is 3.90. The van der Waals surface area contributed by atoms with E-state index in [2.05, 4.69) is 23.7 Å². The van der Waals surface area contributed by atoms with Crippen LogP contribution >= 0.6 is 0 Å². The lowest BCUT2D eigenvalue weighted by Crippen LogP contribution is -2.49. The molecule has 0 aromatic carbocycles. The van der Waals surface area contributed by atoms with Crippen LogP contribution in [0, 0.1) is 11.8 Å². The first-order valence-corrected chi connectivity index (χ1v) is 8.37. The second kappa shape index (κ2) is 5.91. The first-order chi connectivity index (χ1) is 10.1. The molecule has 1 aliphatic carbocycles. The molecule has 4 nitrogen and oxygen atoms in total. The predicted octanol–water partition coefficient (Wildman–Crippen LogP) is 2.36. The highest BCUT2D eigenvalue weighted by atomic mass is 16.2. The van der Waals surface area contributed by atoms with Crippen LogP contribution in [-0.2, 0) is 4.79 Å². The van der Waals surface area contributed by atoms with Gasteiger partial charge in [0.25, 0.3) is 5.91 Å². The number of carbonyl (C=O) groups is 1. The number of piperidine rings is 1. The lowest BCUT2D eigenvalue weighted by Gasteiger charge is -2.34. The lowest BCUT2D eigenvalue weighted by molar-refractivity contribution is -0.125. The molecule has 3 aliphatic rings. The molecule has 0 atom stereocenters. The van der Waals surface area contributed by atoms with E-state index in [1.54, 1.807) is 0 Å². The Bertz CT molecular complexity index is 441. The SMILES string of the molecule is C=CCN1CCC2(CC1)N=C(C1CCC(C)CC1)NC2=O. The maximum atomic E-state index is 12.5. The summed E-state index contributed by atoms with van der Waals surface area (Å²) in [6.45, 7) is 8.91. The van der Waals surface area contributed by atoms with Gasteiger partial charge in [0.1, 0.15) is 11.4 Å². The van der Waals surface area contributed by atoms with E-state index < -0.39 is 5.54 Å².